The van der Waals surface area contributed by atoms with Crippen LogP contribution in [0, 0.1) is 5.82 Å². The van der Waals surface area contributed by atoms with E-state index in [9.17, 15) is 4.39 Å². The van der Waals surface area contributed by atoms with Gasteiger partial charge in [0.15, 0.2) is 0 Å². The molecule has 0 fully saturated rings. The minimum Gasteiger partial charge on any atom is -0.205 e. The summed E-state index contributed by atoms with van der Waals surface area (Å²) in [6.07, 6.45) is 3.79. The Labute approximate surface area is 100 Å². The summed E-state index contributed by atoms with van der Waals surface area (Å²) in [5.41, 5.74) is 0.957. The molecule has 0 aliphatic carbocycles. The van der Waals surface area contributed by atoms with Gasteiger partial charge in [0.2, 0.25) is 0 Å². The molecule has 0 radical (unpaired) electrons. The second-order valence-corrected chi connectivity index (χ2v) is 4.70. The largest absolute Gasteiger partial charge is 0.205 e. The van der Waals surface area contributed by atoms with Gasteiger partial charge >= 0.3 is 0 Å². The van der Waals surface area contributed by atoms with Crippen LogP contribution in [0.3, 0.4) is 0 Å². The fraction of sp³-hybridized carbons (Fsp3) is 0.500. The molecular formula is C12H15Cl2F. The van der Waals surface area contributed by atoms with Gasteiger partial charge in [-0.25, -0.2) is 4.39 Å². The van der Waals surface area contributed by atoms with Gasteiger partial charge in [0.25, 0.3) is 0 Å². The van der Waals surface area contributed by atoms with Gasteiger partial charge in [0.05, 0.1) is 5.02 Å². The molecule has 0 amide bonds. The summed E-state index contributed by atoms with van der Waals surface area (Å²) >= 11 is 11.7. The first-order valence-corrected chi connectivity index (χ1v) is 6.03. The van der Waals surface area contributed by atoms with Crippen molar-refractivity contribution in [1.29, 1.82) is 0 Å². The smallest absolute Gasteiger partial charge is 0.142 e. The van der Waals surface area contributed by atoms with Gasteiger partial charge in [-0.3, -0.25) is 0 Å². The molecule has 0 bridgehead atoms. The Balaban J connectivity index is 2.47. The second-order valence-electron chi connectivity index (χ2n) is 3.67. The lowest BCUT2D eigenvalue weighted by Crippen LogP contribution is -2.00. The molecule has 0 aliphatic heterocycles. The third-order valence-electron chi connectivity index (χ3n) is 2.33. The summed E-state index contributed by atoms with van der Waals surface area (Å²) in [5.74, 6) is -0.351. The van der Waals surface area contributed by atoms with Crippen LogP contribution in [0.25, 0.3) is 0 Å². The molecule has 1 atom stereocenters. The molecule has 1 unspecified atom stereocenters. The maximum atomic E-state index is 13.1. The van der Waals surface area contributed by atoms with Crippen LogP contribution < -0.4 is 0 Å². The van der Waals surface area contributed by atoms with E-state index in [-0.39, 0.29) is 16.2 Å². The van der Waals surface area contributed by atoms with E-state index in [0.717, 1.165) is 31.2 Å². The van der Waals surface area contributed by atoms with E-state index in [1.165, 1.54) is 6.07 Å². The molecule has 0 saturated carbocycles. The highest BCUT2D eigenvalue weighted by molar-refractivity contribution is 6.30. The average molecular weight is 249 g/mol. The Kier molecular flexibility index (Phi) is 5.41. The summed E-state index contributed by atoms with van der Waals surface area (Å²) < 4.78 is 13.1. The Morgan fingerprint density at radius 1 is 1.33 bits per heavy atom. The van der Waals surface area contributed by atoms with Gasteiger partial charge in [-0.15, -0.1) is 11.6 Å². The van der Waals surface area contributed by atoms with Crippen molar-refractivity contribution < 1.29 is 4.39 Å². The van der Waals surface area contributed by atoms with Crippen molar-refractivity contribution in [2.75, 3.05) is 0 Å². The summed E-state index contributed by atoms with van der Waals surface area (Å²) in [6, 6.07) is 4.92. The predicted molar refractivity (Wildman–Crippen MR) is 64.3 cm³/mol. The standard InChI is InChI=1S/C12H15Cl2F/c1-2-3-10(13)6-4-9-5-7-11(14)12(15)8-9/h5,7-8,10H,2-4,6H2,1H3. The minimum absolute atomic E-state index is 0.176. The summed E-state index contributed by atoms with van der Waals surface area (Å²) in [6.45, 7) is 2.11. The van der Waals surface area contributed by atoms with E-state index >= 15 is 0 Å². The van der Waals surface area contributed by atoms with Crippen LogP contribution in [-0.2, 0) is 6.42 Å². The zero-order chi connectivity index (χ0) is 11.3. The van der Waals surface area contributed by atoms with Gasteiger partial charge in [0, 0.05) is 5.38 Å². The van der Waals surface area contributed by atoms with Gasteiger partial charge in [-0.2, -0.15) is 0 Å². The number of alkyl halides is 1. The third-order valence-corrected chi connectivity index (χ3v) is 3.08. The Morgan fingerprint density at radius 2 is 2.07 bits per heavy atom. The van der Waals surface area contributed by atoms with Crippen molar-refractivity contribution in [1.82, 2.24) is 0 Å². The van der Waals surface area contributed by atoms with Crippen LogP contribution in [0.1, 0.15) is 31.7 Å². The molecule has 0 saturated heterocycles. The number of hydrogen-bond acceptors (Lipinski definition) is 0. The summed E-state index contributed by atoms with van der Waals surface area (Å²) in [7, 11) is 0. The fourth-order valence-corrected chi connectivity index (χ4v) is 1.92. The Bertz CT molecular complexity index is 312. The zero-order valence-electron chi connectivity index (χ0n) is 8.77. The van der Waals surface area contributed by atoms with Crippen LogP contribution in [0.15, 0.2) is 18.2 Å². The molecule has 0 aromatic heterocycles. The van der Waals surface area contributed by atoms with Gasteiger partial charge in [-0.1, -0.05) is 31.0 Å². The van der Waals surface area contributed by atoms with Gasteiger partial charge in [-0.05, 0) is 37.0 Å². The molecule has 1 aromatic rings. The molecule has 0 N–H and O–H groups in total. The van der Waals surface area contributed by atoms with E-state index in [1.54, 1.807) is 6.07 Å². The maximum Gasteiger partial charge on any atom is 0.142 e. The van der Waals surface area contributed by atoms with Gasteiger partial charge < -0.3 is 0 Å². The van der Waals surface area contributed by atoms with Crippen LogP contribution in [0.5, 0.6) is 0 Å². The summed E-state index contributed by atoms with van der Waals surface area (Å²) in [4.78, 5) is 0. The Morgan fingerprint density at radius 3 is 2.67 bits per heavy atom. The van der Waals surface area contributed by atoms with E-state index < -0.39 is 0 Å². The lowest BCUT2D eigenvalue weighted by molar-refractivity contribution is 0.622. The Hall–Kier alpha value is -0.270. The fourth-order valence-electron chi connectivity index (χ4n) is 1.48. The lowest BCUT2D eigenvalue weighted by Gasteiger charge is -2.07. The van der Waals surface area contributed by atoms with E-state index in [2.05, 4.69) is 6.92 Å². The number of benzene rings is 1. The van der Waals surface area contributed by atoms with E-state index in [0.29, 0.717) is 0 Å². The predicted octanol–water partition coefficient (Wildman–Crippen LogP) is 4.82. The molecule has 1 rings (SSSR count). The minimum atomic E-state index is -0.351. The first-order chi connectivity index (χ1) is 7.13. The second kappa shape index (κ2) is 6.34. The van der Waals surface area contributed by atoms with E-state index in [4.69, 9.17) is 23.2 Å². The van der Waals surface area contributed by atoms with Crippen LogP contribution in [0.2, 0.25) is 5.02 Å². The van der Waals surface area contributed by atoms with Crippen molar-refractivity contribution in [3.05, 3.63) is 34.6 Å². The average Bonchev–Trinajstić information content (AvgIpc) is 2.20. The molecule has 3 heteroatoms. The number of rotatable bonds is 5. The summed E-state index contributed by atoms with van der Waals surface area (Å²) in [5, 5.41) is 0.364. The van der Waals surface area contributed by atoms with Crippen LogP contribution in [0.4, 0.5) is 4.39 Å². The molecule has 0 aliphatic rings. The first kappa shape index (κ1) is 12.8. The van der Waals surface area contributed by atoms with E-state index in [1.807, 2.05) is 6.07 Å². The topological polar surface area (TPSA) is 0 Å². The maximum absolute atomic E-state index is 13.1. The van der Waals surface area contributed by atoms with Crippen molar-refractivity contribution in [3.8, 4) is 0 Å². The van der Waals surface area contributed by atoms with Crippen LogP contribution in [-0.4, -0.2) is 5.38 Å². The molecule has 0 spiro atoms. The molecular weight excluding hydrogens is 234 g/mol. The molecule has 15 heavy (non-hydrogen) atoms. The number of halogens is 3. The molecule has 0 nitrogen and oxygen atoms in total. The molecule has 0 heterocycles. The van der Waals surface area contributed by atoms with Crippen molar-refractivity contribution >= 4 is 23.2 Å². The van der Waals surface area contributed by atoms with Gasteiger partial charge in [0.1, 0.15) is 5.82 Å². The monoisotopic (exact) mass is 248 g/mol. The van der Waals surface area contributed by atoms with Crippen molar-refractivity contribution in [2.24, 2.45) is 0 Å². The zero-order valence-corrected chi connectivity index (χ0v) is 10.3. The normalized spacial score (nSPS) is 12.8. The number of hydrogen-bond donors (Lipinski definition) is 0. The molecule has 1 aromatic carbocycles. The van der Waals surface area contributed by atoms with Crippen molar-refractivity contribution in [2.45, 2.75) is 38.0 Å². The van der Waals surface area contributed by atoms with Crippen LogP contribution >= 0.6 is 23.2 Å². The SMILES string of the molecule is CCCC(Cl)CCc1ccc(Cl)c(F)c1. The quantitative estimate of drug-likeness (QED) is 0.656. The third kappa shape index (κ3) is 4.40. The highest BCUT2D eigenvalue weighted by Crippen LogP contribution is 2.18. The molecule has 84 valence electrons. The van der Waals surface area contributed by atoms with Crippen molar-refractivity contribution in [3.63, 3.8) is 0 Å². The number of aryl methyl sites for hydroxylation is 1. The highest BCUT2D eigenvalue weighted by atomic mass is 35.5. The first-order valence-electron chi connectivity index (χ1n) is 5.21. The highest BCUT2D eigenvalue weighted by Gasteiger charge is 2.05. The lowest BCUT2D eigenvalue weighted by atomic mass is 10.1.